The van der Waals surface area contributed by atoms with Gasteiger partial charge in [0.05, 0.1) is 5.56 Å². The number of primary amides is 1. The van der Waals surface area contributed by atoms with E-state index in [9.17, 15) is 4.79 Å². The van der Waals surface area contributed by atoms with Crippen LogP contribution < -0.4 is 5.73 Å². The van der Waals surface area contributed by atoms with Crippen molar-refractivity contribution in [3.05, 3.63) is 77.9 Å². The smallest absolute Gasteiger partial charge is 0.249 e. The van der Waals surface area contributed by atoms with Crippen molar-refractivity contribution in [2.45, 2.75) is 0 Å². The highest BCUT2D eigenvalue weighted by molar-refractivity contribution is 5.95. The van der Waals surface area contributed by atoms with Crippen molar-refractivity contribution in [2.75, 3.05) is 0 Å². The second-order valence-electron chi connectivity index (χ2n) is 4.69. The molecule has 1 aromatic carbocycles. The number of nitrogens with zero attached hydrogens (tertiary/aromatic N) is 3. The van der Waals surface area contributed by atoms with Gasteiger partial charge in [0.2, 0.25) is 5.91 Å². The molecule has 0 atom stereocenters. The average Bonchev–Trinajstić information content (AvgIpc) is 2.61. The molecule has 23 heavy (non-hydrogen) atoms. The number of carbonyl (C=O) groups is 1. The Kier molecular flexibility index (Phi) is 4.07. The van der Waals surface area contributed by atoms with Crippen molar-refractivity contribution >= 4 is 5.91 Å². The molecule has 2 N–H and O–H groups in total. The molecule has 5 heteroatoms. The van der Waals surface area contributed by atoms with Crippen LogP contribution in [0.1, 0.15) is 21.5 Å². The number of hydrogen-bond acceptors (Lipinski definition) is 4. The number of benzene rings is 1. The second-order valence-corrected chi connectivity index (χ2v) is 4.69. The highest BCUT2D eigenvalue weighted by Crippen LogP contribution is 2.13. The van der Waals surface area contributed by atoms with Gasteiger partial charge >= 0.3 is 0 Å². The molecule has 0 aliphatic carbocycles. The topological polar surface area (TPSA) is 81.8 Å². The summed E-state index contributed by atoms with van der Waals surface area (Å²) in [5.41, 5.74) is 7.81. The summed E-state index contributed by atoms with van der Waals surface area (Å²) >= 11 is 0. The van der Waals surface area contributed by atoms with Crippen molar-refractivity contribution in [3.8, 4) is 23.2 Å². The second kappa shape index (κ2) is 6.50. The zero-order chi connectivity index (χ0) is 16.1. The number of amides is 1. The van der Waals surface area contributed by atoms with Gasteiger partial charge in [0.1, 0.15) is 0 Å². The minimum absolute atomic E-state index is 0.399. The molecule has 0 aliphatic heterocycles. The normalized spacial score (nSPS) is 9.74. The molecule has 1 amide bonds. The zero-order valence-electron chi connectivity index (χ0n) is 12.1. The lowest BCUT2D eigenvalue weighted by molar-refractivity contribution is 0.1000. The quantitative estimate of drug-likeness (QED) is 0.734. The van der Waals surface area contributed by atoms with Crippen molar-refractivity contribution in [2.24, 2.45) is 5.73 Å². The molecule has 3 aromatic rings. The van der Waals surface area contributed by atoms with E-state index in [1.54, 1.807) is 49.1 Å². The third-order valence-electron chi connectivity index (χ3n) is 3.10. The third kappa shape index (κ3) is 3.39. The van der Waals surface area contributed by atoms with Crippen LogP contribution in [0.25, 0.3) is 11.4 Å². The molecule has 0 unspecified atom stereocenters. The van der Waals surface area contributed by atoms with Crippen LogP contribution in [0.2, 0.25) is 0 Å². The maximum absolute atomic E-state index is 11.4. The molecule has 0 saturated carbocycles. The summed E-state index contributed by atoms with van der Waals surface area (Å²) in [7, 11) is 0. The SMILES string of the molecule is NC(=O)c1ccccc1C#Cc1cncc(-c2ncccn2)c1. The average molecular weight is 300 g/mol. The summed E-state index contributed by atoms with van der Waals surface area (Å²) in [6.45, 7) is 0. The molecule has 0 saturated heterocycles. The molecule has 2 aromatic heterocycles. The summed E-state index contributed by atoms with van der Waals surface area (Å²) in [5, 5.41) is 0. The van der Waals surface area contributed by atoms with E-state index in [1.807, 2.05) is 12.1 Å². The highest BCUT2D eigenvalue weighted by Gasteiger charge is 2.04. The first-order chi connectivity index (χ1) is 11.2. The Labute approximate surface area is 133 Å². The van der Waals surface area contributed by atoms with Gasteiger partial charge in [-0.1, -0.05) is 24.0 Å². The van der Waals surface area contributed by atoms with Crippen LogP contribution in [-0.4, -0.2) is 20.9 Å². The zero-order valence-corrected chi connectivity index (χ0v) is 12.1. The van der Waals surface area contributed by atoms with Gasteiger partial charge in [-0.05, 0) is 24.3 Å². The number of rotatable bonds is 2. The molecular weight excluding hydrogens is 288 g/mol. The molecule has 0 radical (unpaired) electrons. The molecule has 0 spiro atoms. The first-order valence-corrected chi connectivity index (χ1v) is 6.87. The van der Waals surface area contributed by atoms with Crippen LogP contribution in [-0.2, 0) is 0 Å². The standard InChI is InChI=1S/C18H12N4O/c19-17(23)16-5-2-1-4-14(16)7-6-13-10-15(12-20-11-13)18-21-8-3-9-22-18/h1-5,8-12H,(H2,19,23). The maximum Gasteiger partial charge on any atom is 0.249 e. The van der Waals surface area contributed by atoms with Crippen molar-refractivity contribution in [3.63, 3.8) is 0 Å². The Morgan fingerprint density at radius 2 is 1.78 bits per heavy atom. The Hall–Kier alpha value is -3.52. The van der Waals surface area contributed by atoms with E-state index in [2.05, 4.69) is 26.8 Å². The lowest BCUT2D eigenvalue weighted by atomic mass is 10.1. The van der Waals surface area contributed by atoms with Crippen molar-refractivity contribution in [1.82, 2.24) is 15.0 Å². The van der Waals surface area contributed by atoms with E-state index in [0.717, 1.165) is 5.56 Å². The predicted molar refractivity (Wildman–Crippen MR) is 86.2 cm³/mol. The molecule has 2 heterocycles. The van der Waals surface area contributed by atoms with Gasteiger partial charge < -0.3 is 5.73 Å². The van der Waals surface area contributed by atoms with Gasteiger partial charge in [0, 0.05) is 41.5 Å². The summed E-state index contributed by atoms with van der Waals surface area (Å²) in [4.78, 5) is 23.9. The van der Waals surface area contributed by atoms with Crippen LogP contribution in [0, 0.1) is 11.8 Å². The largest absolute Gasteiger partial charge is 0.366 e. The molecular formula is C18H12N4O. The third-order valence-corrected chi connectivity index (χ3v) is 3.10. The fraction of sp³-hybridized carbons (Fsp3) is 0. The van der Waals surface area contributed by atoms with Crippen LogP contribution in [0.3, 0.4) is 0 Å². The van der Waals surface area contributed by atoms with Crippen LogP contribution in [0.15, 0.2) is 61.2 Å². The molecule has 0 fully saturated rings. The van der Waals surface area contributed by atoms with Crippen LogP contribution in [0.4, 0.5) is 0 Å². The van der Waals surface area contributed by atoms with E-state index in [0.29, 0.717) is 22.5 Å². The summed E-state index contributed by atoms with van der Waals surface area (Å²) in [5.74, 6) is 6.03. The van der Waals surface area contributed by atoms with Gasteiger partial charge in [0.15, 0.2) is 5.82 Å². The summed E-state index contributed by atoms with van der Waals surface area (Å²) in [6.07, 6.45) is 6.66. The summed E-state index contributed by atoms with van der Waals surface area (Å²) in [6, 6.07) is 10.6. The number of nitrogens with two attached hydrogens (primary N) is 1. The van der Waals surface area contributed by atoms with E-state index in [1.165, 1.54) is 0 Å². The Bertz CT molecular complexity index is 911. The predicted octanol–water partition coefficient (Wildman–Crippen LogP) is 2.04. The van der Waals surface area contributed by atoms with Gasteiger partial charge in [-0.25, -0.2) is 9.97 Å². The van der Waals surface area contributed by atoms with Crippen LogP contribution >= 0.6 is 0 Å². The van der Waals surface area contributed by atoms with Gasteiger partial charge in [-0.15, -0.1) is 0 Å². The van der Waals surface area contributed by atoms with E-state index in [4.69, 9.17) is 5.73 Å². The first-order valence-electron chi connectivity index (χ1n) is 6.87. The van der Waals surface area contributed by atoms with Gasteiger partial charge in [-0.3, -0.25) is 9.78 Å². The molecule has 3 rings (SSSR count). The number of hydrogen-bond donors (Lipinski definition) is 1. The minimum atomic E-state index is -0.500. The first kappa shape index (κ1) is 14.4. The number of aromatic nitrogens is 3. The van der Waals surface area contributed by atoms with Gasteiger partial charge in [0.25, 0.3) is 0 Å². The highest BCUT2D eigenvalue weighted by atomic mass is 16.1. The molecule has 0 bridgehead atoms. The lowest BCUT2D eigenvalue weighted by Crippen LogP contribution is -2.12. The van der Waals surface area contributed by atoms with Crippen molar-refractivity contribution in [1.29, 1.82) is 0 Å². The van der Waals surface area contributed by atoms with E-state index in [-0.39, 0.29) is 0 Å². The maximum atomic E-state index is 11.4. The molecule has 5 nitrogen and oxygen atoms in total. The Morgan fingerprint density at radius 1 is 1.00 bits per heavy atom. The number of pyridine rings is 1. The van der Waals surface area contributed by atoms with Crippen LogP contribution in [0.5, 0.6) is 0 Å². The van der Waals surface area contributed by atoms with E-state index < -0.39 is 5.91 Å². The molecule has 110 valence electrons. The lowest BCUT2D eigenvalue weighted by Gasteiger charge is -2.00. The Balaban J connectivity index is 1.96. The van der Waals surface area contributed by atoms with Crippen molar-refractivity contribution < 1.29 is 4.79 Å². The Morgan fingerprint density at radius 3 is 2.57 bits per heavy atom. The fourth-order valence-corrected chi connectivity index (χ4v) is 2.03. The van der Waals surface area contributed by atoms with E-state index >= 15 is 0 Å². The fourth-order valence-electron chi connectivity index (χ4n) is 2.03. The molecule has 0 aliphatic rings. The minimum Gasteiger partial charge on any atom is -0.366 e. The summed E-state index contributed by atoms with van der Waals surface area (Å²) < 4.78 is 0. The number of carbonyl (C=O) groups excluding carboxylic acids is 1. The monoisotopic (exact) mass is 300 g/mol. The van der Waals surface area contributed by atoms with Gasteiger partial charge in [-0.2, -0.15) is 0 Å².